The van der Waals surface area contributed by atoms with E-state index in [1.165, 1.54) is 16.0 Å². The molecule has 1 spiro atoms. The van der Waals surface area contributed by atoms with Gasteiger partial charge in [0, 0.05) is 49.3 Å². The number of methoxy groups -OCH3 is 1. The second-order valence-electron chi connectivity index (χ2n) is 14.6. The third-order valence-corrected chi connectivity index (χ3v) is 13.3. The number of ether oxygens (including phenoxy) is 2. The number of carbonyl (C=O) groups is 2. The number of hydrogen-bond acceptors (Lipinski definition) is 7. The number of anilines is 1. The maximum absolute atomic E-state index is 14.4. The second-order valence-corrected chi connectivity index (χ2v) is 17.0. The van der Waals surface area contributed by atoms with Crippen molar-refractivity contribution in [2.75, 3.05) is 50.5 Å². The van der Waals surface area contributed by atoms with Gasteiger partial charge < -0.3 is 19.3 Å². The molecule has 2 aromatic carbocycles. The van der Waals surface area contributed by atoms with E-state index in [0.29, 0.717) is 37.2 Å². The zero-order valence-corrected chi connectivity index (χ0v) is 29.7. The Morgan fingerprint density at radius 3 is 2.80 bits per heavy atom. The van der Waals surface area contributed by atoms with Crippen LogP contribution < -0.4 is 14.4 Å². The van der Waals surface area contributed by atoms with Crippen molar-refractivity contribution in [1.29, 1.82) is 5.26 Å². The van der Waals surface area contributed by atoms with Crippen molar-refractivity contribution in [3.05, 3.63) is 70.3 Å². The number of fused-ring (bicyclic) bond motifs is 4. The lowest BCUT2D eigenvalue weighted by molar-refractivity contribution is 0.0131. The number of likely N-dealkylation sites (tertiary alicyclic amines) is 1. The summed E-state index contributed by atoms with van der Waals surface area (Å²) in [4.78, 5) is 30.8. The molecule has 3 aliphatic heterocycles. The molecule has 3 heterocycles. The fraction of sp³-hybridized carbons (Fsp3) is 0.541. The van der Waals surface area contributed by atoms with E-state index in [4.69, 9.17) is 26.3 Å². The normalized spacial score (nSPS) is 32.2. The fourth-order valence-electron chi connectivity index (χ4n) is 8.29. The standard InChI is InChI=1S/C37H44ClN5O5S/c1-24-5-3-7-33(47-2)30-11-8-28(30)20-43-22-37(14-4-6-26-15-29(38)10-12-31(26)37)23-48-34-13-9-27(16-32(34)43)35(44)40-49(46,21-24)41-36(45)42-18-25(17-39)19-42/h3,7,9-10,12-13,15-16,24-25,28,30,33H,4-6,8,11,14,18-23H2,1-2H3,(H,40,41,44,45,46)/b7-3-/t24-,28-,30+,33-,37-,49?/m0/s1. The van der Waals surface area contributed by atoms with E-state index in [9.17, 15) is 13.8 Å². The molecule has 2 bridgehead atoms. The highest BCUT2D eigenvalue weighted by Crippen LogP contribution is 2.47. The predicted molar refractivity (Wildman–Crippen MR) is 189 cm³/mol. The second kappa shape index (κ2) is 13.6. The van der Waals surface area contributed by atoms with E-state index in [-0.39, 0.29) is 47.8 Å². The third-order valence-electron chi connectivity index (χ3n) is 11.1. The molecule has 49 heavy (non-hydrogen) atoms. The highest BCUT2D eigenvalue weighted by atomic mass is 35.5. The highest BCUT2D eigenvalue weighted by molar-refractivity contribution is 7.92. The van der Waals surface area contributed by atoms with Crippen molar-refractivity contribution < 1.29 is 23.3 Å². The monoisotopic (exact) mass is 705 g/mol. The molecular formula is C37H44ClN5O5S. The molecule has 0 aromatic heterocycles. The van der Waals surface area contributed by atoms with Crippen LogP contribution in [0.5, 0.6) is 5.75 Å². The largest absolute Gasteiger partial charge is 0.490 e. The Morgan fingerprint density at radius 2 is 2.04 bits per heavy atom. The molecule has 3 amide bonds. The topological polar surface area (TPSA) is 124 Å². The first-order valence-corrected chi connectivity index (χ1v) is 19.4. The van der Waals surface area contributed by atoms with Crippen LogP contribution in [0.4, 0.5) is 10.5 Å². The van der Waals surface area contributed by atoms with Crippen LogP contribution in [0.25, 0.3) is 0 Å². The van der Waals surface area contributed by atoms with Crippen LogP contribution in [-0.4, -0.2) is 72.8 Å². The van der Waals surface area contributed by atoms with E-state index < -0.39 is 21.9 Å². The number of nitriles is 1. The number of urea groups is 1. The lowest BCUT2D eigenvalue weighted by Crippen LogP contribution is -2.54. The summed E-state index contributed by atoms with van der Waals surface area (Å²) in [5.74, 6) is 0.364. The summed E-state index contributed by atoms with van der Waals surface area (Å²) in [6, 6.07) is 13.1. The van der Waals surface area contributed by atoms with Gasteiger partial charge in [-0.1, -0.05) is 36.7 Å². The zero-order chi connectivity index (χ0) is 34.3. The first-order valence-electron chi connectivity index (χ1n) is 17.3. The molecule has 12 heteroatoms. The van der Waals surface area contributed by atoms with Gasteiger partial charge in [-0.25, -0.2) is 9.00 Å². The number of hydrogen-bond donors (Lipinski definition) is 1. The number of nitrogens with one attached hydrogen (secondary N) is 1. The molecule has 6 atom stereocenters. The predicted octanol–water partition coefficient (Wildman–Crippen LogP) is 6.14. The van der Waals surface area contributed by atoms with Crippen molar-refractivity contribution in [2.45, 2.75) is 57.0 Å². The summed E-state index contributed by atoms with van der Waals surface area (Å²) in [6.07, 6.45) is 9.82. The van der Waals surface area contributed by atoms with Crippen molar-refractivity contribution in [3.63, 3.8) is 0 Å². The van der Waals surface area contributed by atoms with Crippen LogP contribution in [0.1, 0.15) is 60.5 Å². The van der Waals surface area contributed by atoms with Crippen LogP contribution in [0.2, 0.25) is 5.02 Å². The SMILES string of the molecule is CO[C@H]1/C=C\C[C@H](C)CS(=O)(NC(=O)N2CC(C#N)C2)=NC(=O)c2ccc3c(c2)N(C[C@@H]2CC[C@H]21)C[C@@]1(CCCc2cc(Cl)ccc21)CO3. The molecular weight excluding hydrogens is 662 g/mol. The number of rotatable bonds is 2. The molecule has 2 aliphatic carbocycles. The maximum atomic E-state index is 14.4. The molecule has 1 saturated heterocycles. The van der Waals surface area contributed by atoms with Gasteiger partial charge in [0.25, 0.3) is 5.91 Å². The number of benzene rings is 2. The van der Waals surface area contributed by atoms with Gasteiger partial charge in [-0.15, -0.1) is 4.36 Å². The minimum Gasteiger partial charge on any atom is -0.490 e. The maximum Gasteiger partial charge on any atom is 0.329 e. The van der Waals surface area contributed by atoms with Gasteiger partial charge in [0.1, 0.15) is 15.7 Å². The first kappa shape index (κ1) is 33.9. The van der Waals surface area contributed by atoms with E-state index in [0.717, 1.165) is 49.4 Å². The average Bonchev–Trinajstić information content (AvgIpc) is 3.18. The summed E-state index contributed by atoms with van der Waals surface area (Å²) >= 11 is 6.44. The molecule has 2 aromatic rings. The Hall–Kier alpha value is -3.59. The van der Waals surface area contributed by atoms with E-state index in [1.807, 2.05) is 25.1 Å². The smallest absolute Gasteiger partial charge is 0.329 e. The van der Waals surface area contributed by atoms with Crippen molar-refractivity contribution in [1.82, 2.24) is 9.62 Å². The lowest BCUT2D eigenvalue weighted by Gasteiger charge is -2.46. The first-order chi connectivity index (χ1) is 23.6. The highest BCUT2D eigenvalue weighted by Gasteiger charge is 2.44. The summed E-state index contributed by atoms with van der Waals surface area (Å²) in [6.45, 7) is 4.43. The molecule has 260 valence electrons. The van der Waals surface area contributed by atoms with Crippen molar-refractivity contribution >= 4 is 39.1 Å². The van der Waals surface area contributed by atoms with Gasteiger partial charge in [0.2, 0.25) is 0 Å². The molecule has 7 rings (SSSR count). The molecule has 1 N–H and O–H groups in total. The van der Waals surface area contributed by atoms with Crippen LogP contribution in [-0.2, 0) is 26.5 Å². The number of amides is 3. The molecule has 5 aliphatic rings. The number of halogens is 1. The number of carbonyl (C=O) groups excluding carboxylic acids is 2. The van der Waals surface area contributed by atoms with E-state index in [1.54, 1.807) is 13.2 Å². The van der Waals surface area contributed by atoms with Crippen molar-refractivity contribution in [3.8, 4) is 11.8 Å². The van der Waals surface area contributed by atoms with Crippen LogP contribution in [0, 0.1) is 35.0 Å². The van der Waals surface area contributed by atoms with Crippen LogP contribution in [0.3, 0.4) is 0 Å². The van der Waals surface area contributed by atoms with E-state index in [2.05, 4.69) is 44.3 Å². The molecule has 10 nitrogen and oxygen atoms in total. The molecule has 1 unspecified atom stereocenters. The summed E-state index contributed by atoms with van der Waals surface area (Å²) in [5, 5.41) is 9.90. The minimum atomic E-state index is -3.51. The van der Waals surface area contributed by atoms with E-state index >= 15 is 0 Å². The lowest BCUT2D eigenvalue weighted by atomic mass is 9.68. The molecule has 0 radical (unpaired) electrons. The summed E-state index contributed by atoms with van der Waals surface area (Å²) in [7, 11) is -1.75. The fourth-order valence-corrected chi connectivity index (χ4v) is 10.4. The zero-order valence-electron chi connectivity index (χ0n) is 28.1. The summed E-state index contributed by atoms with van der Waals surface area (Å²) in [5.41, 5.74) is 3.37. The van der Waals surface area contributed by atoms with Crippen LogP contribution >= 0.6 is 11.6 Å². The van der Waals surface area contributed by atoms with Crippen LogP contribution in [0.15, 0.2) is 52.9 Å². The van der Waals surface area contributed by atoms with Gasteiger partial charge in [-0.05, 0) is 97.7 Å². The Balaban J connectivity index is 1.28. The van der Waals surface area contributed by atoms with Crippen molar-refractivity contribution in [2.24, 2.45) is 28.0 Å². The Labute approximate surface area is 294 Å². The quantitative estimate of drug-likeness (QED) is 0.373. The number of aryl methyl sites for hydroxylation is 1. The van der Waals surface area contributed by atoms with Gasteiger partial charge in [-0.2, -0.15) is 5.26 Å². The number of nitrogens with zero attached hydrogens (tertiary/aromatic N) is 4. The molecule has 2 fully saturated rings. The minimum absolute atomic E-state index is 0.000162. The average molecular weight is 706 g/mol. The Kier molecular flexibility index (Phi) is 9.41. The van der Waals surface area contributed by atoms with Gasteiger partial charge >= 0.3 is 6.03 Å². The Morgan fingerprint density at radius 1 is 1.20 bits per heavy atom. The van der Waals surface area contributed by atoms with Gasteiger partial charge in [-0.3, -0.25) is 9.52 Å². The summed E-state index contributed by atoms with van der Waals surface area (Å²) < 4.78 is 33.8. The number of allylic oxidation sites excluding steroid dienone is 1. The van der Waals surface area contributed by atoms with Gasteiger partial charge in [0.15, 0.2) is 0 Å². The Bertz CT molecular complexity index is 1830. The van der Waals surface area contributed by atoms with Gasteiger partial charge in [0.05, 0.1) is 36.1 Å². The third kappa shape index (κ3) is 6.80. The molecule has 1 saturated carbocycles.